The van der Waals surface area contributed by atoms with E-state index in [1.807, 2.05) is 0 Å². The molecule has 0 atom stereocenters. The highest BCUT2D eigenvalue weighted by Crippen LogP contribution is 2.25. The molecule has 0 fully saturated rings. The fourth-order valence-electron chi connectivity index (χ4n) is 2.30. The van der Waals surface area contributed by atoms with Crippen molar-refractivity contribution < 1.29 is 0 Å². The Bertz CT molecular complexity index is 307. The number of hydrogen-bond acceptors (Lipinski definition) is 0. The number of unbranched alkanes of at least 4 members (excludes halogenated alkanes) is 3. The topological polar surface area (TPSA) is 0 Å². The third-order valence-corrected chi connectivity index (χ3v) is 3.38. The van der Waals surface area contributed by atoms with Gasteiger partial charge in [-0.15, -0.1) is 0 Å². The highest BCUT2D eigenvalue weighted by atomic mass is 14.1. The van der Waals surface area contributed by atoms with E-state index in [0.717, 1.165) is 0 Å². The SMILES string of the molecule is CC=C1C=CC=C1CCCCCCC(C)(C)C. The van der Waals surface area contributed by atoms with Crippen molar-refractivity contribution in [3.8, 4) is 0 Å². The van der Waals surface area contributed by atoms with E-state index in [9.17, 15) is 0 Å². The summed E-state index contributed by atoms with van der Waals surface area (Å²) in [5.74, 6) is 0. The minimum atomic E-state index is 0.510. The van der Waals surface area contributed by atoms with Crippen molar-refractivity contribution in [3.63, 3.8) is 0 Å². The normalized spacial score (nSPS) is 17.9. The standard InChI is InChI=1S/C17H28/c1-5-15-12-10-13-16(15)11-8-6-7-9-14-17(2,3)4/h5,10,12-13H,6-9,11,14H2,1-4H3. The largest absolute Gasteiger partial charge is 0.0801 e. The van der Waals surface area contributed by atoms with Crippen molar-refractivity contribution in [3.05, 3.63) is 35.5 Å². The zero-order valence-electron chi connectivity index (χ0n) is 12.1. The maximum atomic E-state index is 2.33. The first-order valence-corrected chi connectivity index (χ1v) is 7.07. The third-order valence-electron chi connectivity index (χ3n) is 3.38. The smallest absolute Gasteiger partial charge is 0.0267 e. The monoisotopic (exact) mass is 232 g/mol. The van der Waals surface area contributed by atoms with Gasteiger partial charge in [0.25, 0.3) is 0 Å². The van der Waals surface area contributed by atoms with Crippen LogP contribution in [-0.2, 0) is 0 Å². The summed E-state index contributed by atoms with van der Waals surface area (Å²) in [4.78, 5) is 0. The van der Waals surface area contributed by atoms with Gasteiger partial charge in [-0.25, -0.2) is 0 Å². The quantitative estimate of drug-likeness (QED) is 0.506. The van der Waals surface area contributed by atoms with Crippen molar-refractivity contribution in [2.45, 2.75) is 66.2 Å². The van der Waals surface area contributed by atoms with Gasteiger partial charge in [-0.3, -0.25) is 0 Å². The minimum absolute atomic E-state index is 0.510. The minimum Gasteiger partial charge on any atom is -0.0801 e. The van der Waals surface area contributed by atoms with Crippen LogP contribution in [0.2, 0.25) is 0 Å². The van der Waals surface area contributed by atoms with Crippen LogP contribution < -0.4 is 0 Å². The van der Waals surface area contributed by atoms with Crippen molar-refractivity contribution >= 4 is 0 Å². The maximum absolute atomic E-state index is 2.33. The molecule has 0 heterocycles. The van der Waals surface area contributed by atoms with Gasteiger partial charge in [-0.2, -0.15) is 0 Å². The van der Waals surface area contributed by atoms with E-state index in [2.05, 4.69) is 52.0 Å². The first-order valence-electron chi connectivity index (χ1n) is 7.07. The Kier molecular flexibility index (Phi) is 5.74. The third kappa shape index (κ3) is 5.91. The van der Waals surface area contributed by atoms with Crippen molar-refractivity contribution in [1.82, 2.24) is 0 Å². The molecule has 0 aliphatic heterocycles. The molecule has 0 heteroatoms. The molecular weight excluding hydrogens is 204 g/mol. The van der Waals surface area contributed by atoms with Crippen LogP contribution in [-0.4, -0.2) is 0 Å². The summed E-state index contributed by atoms with van der Waals surface area (Å²) < 4.78 is 0. The summed E-state index contributed by atoms with van der Waals surface area (Å²) in [7, 11) is 0. The Hall–Kier alpha value is -0.780. The zero-order chi connectivity index (χ0) is 12.7. The lowest BCUT2D eigenvalue weighted by Gasteiger charge is -2.17. The molecule has 0 amide bonds. The van der Waals surface area contributed by atoms with Gasteiger partial charge in [0.2, 0.25) is 0 Å². The van der Waals surface area contributed by atoms with E-state index < -0.39 is 0 Å². The Labute approximate surface area is 108 Å². The zero-order valence-corrected chi connectivity index (χ0v) is 12.1. The molecule has 0 N–H and O–H groups in total. The molecule has 96 valence electrons. The van der Waals surface area contributed by atoms with E-state index in [1.165, 1.54) is 49.7 Å². The van der Waals surface area contributed by atoms with Crippen molar-refractivity contribution in [1.29, 1.82) is 0 Å². The van der Waals surface area contributed by atoms with Crippen LogP contribution in [0.25, 0.3) is 0 Å². The van der Waals surface area contributed by atoms with Crippen LogP contribution in [0.15, 0.2) is 35.5 Å². The van der Waals surface area contributed by atoms with Crippen LogP contribution in [0.3, 0.4) is 0 Å². The van der Waals surface area contributed by atoms with Gasteiger partial charge >= 0.3 is 0 Å². The molecule has 1 aliphatic carbocycles. The molecule has 0 spiro atoms. The summed E-state index contributed by atoms with van der Waals surface area (Å²) in [6.45, 7) is 9.13. The lowest BCUT2D eigenvalue weighted by atomic mass is 9.89. The van der Waals surface area contributed by atoms with Gasteiger partial charge in [0, 0.05) is 0 Å². The van der Waals surface area contributed by atoms with Crippen LogP contribution in [0, 0.1) is 5.41 Å². The first-order chi connectivity index (χ1) is 8.03. The summed E-state index contributed by atoms with van der Waals surface area (Å²) >= 11 is 0. The molecule has 0 nitrogen and oxygen atoms in total. The lowest BCUT2D eigenvalue weighted by molar-refractivity contribution is 0.357. The second-order valence-electron chi connectivity index (χ2n) is 6.27. The highest BCUT2D eigenvalue weighted by molar-refractivity contribution is 5.47. The predicted octanol–water partition coefficient (Wildman–Crippen LogP) is 5.82. The molecule has 0 unspecified atom stereocenters. The van der Waals surface area contributed by atoms with E-state index in [-0.39, 0.29) is 0 Å². The van der Waals surface area contributed by atoms with Gasteiger partial charge < -0.3 is 0 Å². The second kappa shape index (κ2) is 6.83. The molecule has 1 aliphatic rings. The van der Waals surface area contributed by atoms with E-state index in [0.29, 0.717) is 5.41 Å². The van der Waals surface area contributed by atoms with Crippen LogP contribution in [0.4, 0.5) is 0 Å². The van der Waals surface area contributed by atoms with Gasteiger partial charge in [-0.1, -0.05) is 64.3 Å². The Morgan fingerprint density at radius 1 is 1.06 bits per heavy atom. The van der Waals surface area contributed by atoms with Gasteiger partial charge in [0.05, 0.1) is 0 Å². The van der Waals surface area contributed by atoms with Gasteiger partial charge in [0.15, 0.2) is 0 Å². The average molecular weight is 232 g/mol. The molecule has 0 aromatic heterocycles. The molecule has 0 radical (unpaired) electrons. The molecule has 17 heavy (non-hydrogen) atoms. The molecule has 0 aromatic carbocycles. The fraction of sp³-hybridized carbons (Fsp3) is 0.647. The summed E-state index contributed by atoms with van der Waals surface area (Å²) in [5, 5.41) is 0. The highest BCUT2D eigenvalue weighted by Gasteiger charge is 2.09. The predicted molar refractivity (Wildman–Crippen MR) is 78.1 cm³/mol. The lowest BCUT2D eigenvalue weighted by Crippen LogP contribution is -2.03. The molecule has 1 rings (SSSR count). The summed E-state index contributed by atoms with van der Waals surface area (Å²) in [6.07, 6.45) is 17.0. The molecule has 0 saturated carbocycles. The molecule has 0 bridgehead atoms. The van der Waals surface area contributed by atoms with Gasteiger partial charge in [-0.05, 0) is 42.7 Å². The van der Waals surface area contributed by atoms with Crippen LogP contribution >= 0.6 is 0 Å². The van der Waals surface area contributed by atoms with E-state index >= 15 is 0 Å². The van der Waals surface area contributed by atoms with E-state index in [4.69, 9.17) is 0 Å². The molecular formula is C17H28. The number of hydrogen-bond donors (Lipinski definition) is 0. The van der Waals surface area contributed by atoms with Crippen molar-refractivity contribution in [2.24, 2.45) is 5.41 Å². The second-order valence-corrected chi connectivity index (χ2v) is 6.27. The number of allylic oxidation sites excluding steroid dienone is 6. The maximum Gasteiger partial charge on any atom is -0.0267 e. The Morgan fingerprint density at radius 3 is 2.41 bits per heavy atom. The number of rotatable bonds is 6. The fourth-order valence-corrected chi connectivity index (χ4v) is 2.30. The van der Waals surface area contributed by atoms with Crippen LogP contribution in [0.5, 0.6) is 0 Å². The van der Waals surface area contributed by atoms with Crippen LogP contribution in [0.1, 0.15) is 66.2 Å². The summed E-state index contributed by atoms with van der Waals surface area (Å²) in [5.41, 5.74) is 3.47. The Balaban J connectivity index is 2.06. The van der Waals surface area contributed by atoms with Gasteiger partial charge in [0.1, 0.15) is 0 Å². The summed E-state index contributed by atoms with van der Waals surface area (Å²) in [6, 6.07) is 0. The first kappa shape index (κ1) is 14.3. The Morgan fingerprint density at radius 2 is 1.76 bits per heavy atom. The molecule has 0 aromatic rings. The molecule has 0 saturated heterocycles. The van der Waals surface area contributed by atoms with E-state index in [1.54, 1.807) is 0 Å². The average Bonchev–Trinajstić information content (AvgIpc) is 2.69. The van der Waals surface area contributed by atoms with Crippen molar-refractivity contribution in [2.75, 3.05) is 0 Å².